The van der Waals surface area contributed by atoms with Crippen LogP contribution in [0.2, 0.25) is 0 Å². The fourth-order valence-electron chi connectivity index (χ4n) is 2.23. The lowest BCUT2D eigenvalue weighted by Gasteiger charge is -2.40. The summed E-state index contributed by atoms with van der Waals surface area (Å²) in [5.41, 5.74) is 0. The second-order valence-corrected chi connectivity index (χ2v) is 4.58. The highest BCUT2D eigenvalue weighted by Crippen LogP contribution is 2.13. The van der Waals surface area contributed by atoms with Gasteiger partial charge in [-0.05, 0) is 19.8 Å². The van der Waals surface area contributed by atoms with Crippen LogP contribution < -0.4 is 5.32 Å². The Morgan fingerprint density at radius 3 is 2.67 bits per heavy atom. The fourth-order valence-corrected chi connectivity index (χ4v) is 2.23. The summed E-state index contributed by atoms with van der Waals surface area (Å²) in [5, 5.41) is 3.61. The molecule has 0 bridgehead atoms. The Morgan fingerprint density at radius 2 is 2.13 bits per heavy atom. The Hall–Kier alpha value is -0.120. The molecule has 90 valence electrons. The summed E-state index contributed by atoms with van der Waals surface area (Å²) in [4.78, 5) is 2.58. The van der Waals surface area contributed by atoms with Crippen molar-refractivity contribution in [2.45, 2.75) is 51.8 Å². The summed E-state index contributed by atoms with van der Waals surface area (Å²) < 4.78 is 5.35. The van der Waals surface area contributed by atoms with Gasteiger partial charge in [0.2, 0.25) is 0 Å². The molecule has 0 aromatic heterocycles. The molecule has 1 N–H and O–H groups in total. The van der Waals surface area contributed by atoms with Crippen molar-refractivity contribution < 1.29 is 4.74 Å². The number of nitrogens with one attached hydrogen (secondary N) is 1. The van der Waals surface area contributed by atoms with Crippen LogP contribution in [0.15, 0.2) is 0 Å². The van der Waals surface area contributed by atoms with E-state index in [2.05, 4.69) is 31.0 Å². The number of nitrogens with zero attached hydrogens (tertiary/aromatic N) is 1. The Balaban J connectivity index is 2.47. The van der Waals surface area contributed by atoms with Crippen molar-refractivity contribution in [1.82, 2.24) is 10.2 Å². The highest BCUT2D eigenvalue weighted by atomic mass is 16.5. The molecular formula is C12H26N2O. The summed E-state index contributed by atoms with van der Waals surface area (Å²) in [6.45, 7) is 10.0. The van der Waals surface area contributed by atoms with Crippen LogP contribution in [0.4, 0.5) is 0 Å². The molecule has 0 radical (unpaired) electrons. The van der Waals surface area contributed by atoms with E-state index in [1.165, 1.54) is 19.4 Å². The molecule has 0 aromatic carbocycles. The van der Waals surface area contributed by atoms with E-state index in [4.69, 9.17) is 4.74 Å². The van der Waals surface area contributed by atoms with Crippen LogP contribution in [0.1, 0.15) is 33.6 Å². The van der Waals surface area contributed by atoms with E-state index in [0.717, 1.165) is 13.1 Å². The molecule has 1 aliphatic rings. The zero-order valence-corrected chi connectivity index (χ0v) is 10.6. The van der Waals surface area contributed by atoms with E-state index in [-0.39, 0.29) is 0 Å². The number of hydrogen-bond acceptors (Lipinski definition) is 3. The molecule has 1 aliphatic heterocycles. The van der Waals surface area contributed by atoms with Gasteiger partial charge in [0.1, 0.15) is 0 Å². The Bertz CT molecular complexity index is 173. The van der Waals surface area contributed by atoms with Gasteiger partial charge in [0.25, 0.3) is 0 Å². The molecule has 1 fully saturated rings. The van der Waals surface area contributed by atoms with Crippen LogP contribution in [0, 0.1) is 0 Å². The number of methoxy groups -OCH3 is 1. The first-order valence-electron chi connectivity index (χ1n) is 6.21. The van der Waals surface area contributed by atoms with E-state index in [0.29, 0.717) is 18.2 Å². The third-order valence-corrected chi connectivity index (χ3v) is 3.47. The third kappa shape index (κ3) is 3.74. The maximum Gasteiger partial charge on any atom is 0.0670 e. The second kappa shape index (κ2) is 6.46. The minimum absolute atomic E-state index is 0.342. The minimum atomic E-state index is 0.342. The van der Waals surface area contributed by atoms with Crippen LogP contribution in [-0.4, -0.2) is 49.8 Å². The van der Waals surface area contributed by atoms with E-state index < -0.39 is 0 Å². The molecule has 3 heteroatoms. The summed E-state index contributed by atoms with van der Waals surface area (Å²) in [6.07, 6.45) is 2.78. The van der Waals surface area contributed by atoms with Gasteiger partial charge in [0, 0.05) is 38.8 Å². The maximum atomic E-state index is 5.35. The van der Waals surface area contributed by atoms with Crippen LogP contribution in [0.3, 0.4) is 0 Å². The molecule has 3 nitrogen and oxygen atoms in total. The Morgan fingerprint density at radius 1 is 1.40 bits per heavy atom. The standard InChI is InChI=1S/C12H26N2O/c1-5-11-9-14(8-10(3)15-4)12(6-2)7-13-11/h10-13H,5-9H2,1-4H3. The van der Waals surface area contributed by atoms with Gasteiger partial charge in [0.05, 0.1) is 6.10 Å². The van der Waals surface area contributed by atoms with E-state index in [1.807, 2.05) is 0 Å². The topological polar surface area (TPSA) is 24.5 Å². The molecule has 0 spiro atoms. The van der Waals surface area contributed by atoms with Gasteiger partial charge in [-0.25, -0.2) is 0 Å². The van der Waals surface area contributed by atoms with Crippen LogP contribution in [0.5, 0.6) is 0 Å². The SMILES string of the molecule is CCC1CN(CC(C)OC)C(CC)CN1. The molecule has 0 aliphatic carbocycles. The molecule has 0 saturated carbocycles. The largest absolute Gasteiger partial charge is 0.380 e. The normalized spacial score (nSPS) is 30.4. The van der Waals surface area contributed by atoms with Gasteiger partial charge < -0.3 is 10.1 Å². The van der Waals surface area contributed by atoms with Gasteiger partial charge in [0.15, 0.2) is 0 Å². The lowest BCUT2D eigenvalue weighted by Crippen LogP contribution is -2.57. The molecule has 1 rings (SSSR count). The molecule has 3 atom stereocenters. The third-order valence-electron chi connectivity index (χ3n) is 3.47. The predicted octanol–water partition coefficient (Wildman–Crippen LogP) is 1.48. The average Bonchev–Trinajstić information content (AvgIpc) is 2.28. The van der Waals surface area contributed by atoms with Crippen molar-refractivity contribution in [3.8, 4) is 0 Å². The van der Waals surface area contributed by atoms with Crippen LogP contribution >= 0.6 is 0 Å². The number of rotatable bonds is 5. The maximum absolute atomic E-state index is 5.35. The first kappa shape index (κ1) is 12.9. The molecule has 1 heterocycles. The zero-order valence-electron chi connectivity index (χ0n) is 10.6. The van der Waals surface area contributed by atoms with E-state index in [9.17, 15) is 0 Å². The molecule has 1 saturated heterocycles. The van der Waals surface area contributed by atoms with Crippen molar-refractivity contribution in [2.24, 2.45) is 0 Å². The first-order valence-corrected chi connectivity index (χ1v) is 6.21. The summed E-state index contributed by atoms with van der Waals surface area (Å²) in [7, 11) is 1.80. The van der Waals surface area contributed by atoms with Gasteiger partial charge >= 0.3 is 0 Å². The smallest absolute Gasteiger partial charge is 0.0670 e. The molecular weight excluding hydrogens is 188 g/mol. The predicted molar refractivity (Wildman–Crippen MR) is 64.2 cm³/mol. The van der Waals surface area contributed by atoms with Crippen molar-refractivity contribution in [1.29, 1.82) is 0 Å². The second-order valence-electron chi connectivity index (χ2n) is 4.58. The number of ether oxygens (including phenoxy) is 1. The lowest BCUT2D eigenvalue weighted by atomic mass is 10.0. The molecule has 0 amide bonds. The Labute approximate surface area is 94.2 Å². The van der Waals surface area contributed by atoms with Gasteiger partial charge in [-0.15, -0.1) is 0 Å². The molecule has 3 unspecified atom stereocenters. The quantitative estimate of drug-likeness (QED) is 0.750. The fraction of sp³-hybridized carbons (Fsp3) is 1.00. The van der Waals surface area contributed by atoms with Crippen molar-refractivity contribution in [3.63, 3.8) is 0 Å². The summed E-state index contributed by atoms with van der Waals surface area (Å²) >= 11 is 0. The average molecular weight is 214 g/mol. The first-order chi connectivity index (χ1) is 7.21. The van der Waals surface area contributed by atoms with E-state index >= 15 is 0 Å². The van der Waals surface area contributed by atoms with Crippen LogP contribution in [-0.2, 0) is 4.74 Å². The zero-order chi connectivity index (χ0) is 11.3. The van der Waals surface area contributed by atoms with Crippen LogP contribution in [0.25, 0.3) is 0 Å². The number of hydrogen-bond donors (Lipinski definition) is 1. The van der Waals surface area contributed by atoms with Crippen molar-refractivity contribution >= 4 is 0 Å². The summed E-state index contributed by atoms with van der Waals surface area (Å²) in [6, 6.07) is 1.35. The highest BCUT2D eigenvalue weighted by molar-refractivity contribution is 4.85. The molecule has 0 aromatic rings. The van der Waals surface area contributed by atoms with Gasteiger partial charge in [-0.3, -0.25) is 4.90 Å². The summed E-state index contributed by atoms with van der Waals surface area (Å²) in [5.74, 6) is 0. The molecule has 15 heavy (non-hydrogen) atoms. The number of piperazine rings is 1. The van der Waals surface area contributed by atoms with Crippen molar-refractivity contribution in [2.75, 3.05) is 26.7 Å². The minimum Gasteiger partial charge on any atom is -0.380 e. The van der Waals surface area contributed by atoms with Gasteiger partial charge in [-0.2, -0.15) is 0 Å². The van der Waals surface area contributed by atoms with Crippen molar-refractivity contribution in [3.05, 3.63) is 0 Å². The van der Waals surface area contributed by atoms with Gasteiger partial charge in [-0.1, -0.05) is 13.8 Å². The van der Waals surface area contributed by atoms with E-state index in [1.54, 1.807) is 7.11 Å². The monoisotopic (exact) mass is 214 g/mol. The lowest BCUT2D eigenvalue weighted by molar-refractivity contribution is 0.0396. The Kier molecular flexibility index (Phi) is 5.58. The highest BCUT2D eigenvalue weighted by Gasteiger charge is 2.26.